The van der Waals surface area contributed by atoms with E-state index in [0.717, 1.165) is 10.8 Å². The summed E-state index contributed by atoms with van der Waals surface area (Å²) < 4.78 is 0. The molecular weight excluding hydrogens is 222 g/mol. The van der Waals surface area contributed by atoms with Crippen LogP contribution in [0, 0.1) is 34.0 Å². The van der Waals surface area contributed by atoms with Gasteiger partial charge in [-0.3, -0.25) is 4.79 Å². The fourth-order valence-corrected chi connectivity index (χ4v) is 3.38. The fraction of sp³-hybridized carbons (Fsp3) is 0.545. The van der Waals surface area contributed by atoms with Crippen LogP contribution >= 0.6 is 11.8 Å². The number of fused-ring (bicyclic) bond motifs is 1. The van der Waals surface area contributed by atoms with Gasteiger partial charge in [0.25, 0.3) is 0 Å². The minimum atomic E-state index is -0.746. The number of allylic oxidation sites excluding steroid dienone is 1. The molecule has 0 spiro atoms. The van der Waals surface area contributed by atoms with Crippen molar-refractivity contribution >= 4 is 17.7 Å². The Morgan fingerprint density at radius 2 is 2.19 bits per heavy atom. The Hall–Kier alpha value is -1.46. The van der Waals surface area contributed by atoms with Crippen molar-refractivity contribution in [3.05, 3.63) is 10.6 Å². The van der Waals surface area contributed by atoms with E-state index in [4.69, 9.17) is 5.26 Å². The summed E-state index contributed by atoms with van der Waals surface area (Å²) in [7, 11) is 0. The van der Waals surface area contributed by atoms with Crippen LogP contribution in [0.25, 0.3) is 0 Å². The van der Waals surface area contributed by atoms with Gasteiger partial charge in [0.05, 0.1) is 22.7 Å². The number of nitrogens with zero attached hydrogens (tertiary/aromatic N) is 3. The molecule has 0 aliphatic carbocycles. The fourth-order valence-electron chi connectivity index (χ4n) is 2.12. The lowest BCUT2D eigenvalue weighted by Crippen LogP contribution is -2.45. The Morgan fingerprint density at radius 3 is 2.75 bits per heavy atom. The van der Waals surface area contributed by atoms with Crippen molar-refractivity contribution in [2.75, 3.05) is 12.3 Å². The quantitative estimate of drug-likeness (QED) is 0.635. The van der Waals surface area contributed by atoms with Crippen molar-refractivity contribution in [1.29, 1.82) is 10.5 Å². The van der Waals surface area contributed by atoms with Crippen molar-refractivity contribution in [3.63, 3.8) is 0 Å². The highest BCUT2D eigenvalue weighted by Crippen LogP contribution is 2.47. The highest BCUT2D eigenvalue weighted by molar-refractivity contribution is 8.03. The zero-order valence-electron chi connectivity index (χ0n) is 9.15. The van der Waals surface area contributed by atoms with Crippen LogP contribution in [0.4, 0.5) is 0 Å². The molecule has 5 heteroatoms. The van der Waals surface area contributed by atoms with Crippen LogP contribution in [0.1, 0.15) is 13.8 Å². The first-order chi connectivity index (χ1) is 7.54. The molecule has 1 unspecified atom stereocenters. The summed E-state index contributed by atoms with van der Waals surface area (Å²) in [6, 6.07) is 4.20. The summed E-state index contributed by atoms with van der Waals surface area (Å²) in [5, 5.41) is 19.1. The van der Waals surface area contributed by atoms with E-state index < -0.39 is 11.3 Å². The van der Waals surface area contributed by atoms with Crippen LogP contribution < -0.4 is 0 Å². The number of rotatable bonds is 0. The van der Waals surface area contributed by atoms with Gasteiger partial charge in [-0.1, -0.05) is 13.8 Å². The summed E-state index contributed by atoms with van der Waals surface area (Å²) in [6.07, 6.45) is 0. The maximum absolute atomic E-state index is 12.1. The number of nitriles is 2. The third kappa shape index (κ3) is 1.25. The molecule has 4 nitrogen and oxygen atoms in total. The average molecular weight is 233 g/mol. The standard InChI is InChI=1S/C11H11N3OS/c1-11(2)7(5-12)9(15)14-3-4-16-10(14)8(11)6-13/h7H,3-4H2,1-2H3. The van der Waals surface area contributed by atoms with Gasteiger partial charge in [0.2, 0.25) is 5.91 Å². The first-order valence-electron chi connectivity index (χ1n) is 5.02. The monoisotopic (exact) mass is 233 g/mol. The van der Waals surface area contributed by atoms with Gasteiger partial charge in [-0.25, -0.2) is 0 Å². The lowest BCUT2D eigenvalue weighted by atomic mass is 9.71. The van der Waals surface area contributed by atoms with Crippen molar-refractivity contribution in [2.45, 2.75) is 13.8 Å². The highest BCUT2D eigenvalue weighted by atomic mass is 32.2. The molecule has 1 atom stereocenters. The SMILES string of the molecule is CC1(C)C(C#N)=C2SCCN2C(=O)C1C#N. The lowest BCUT2D eigenvalue weighted by Gasteiger charge is -2.37. The molecule has 0 saturated carbocycles. The normalized spacial score (nSPS) is 27.4. The molecule has 0 radical (unpaired) electrons. The number of hydrogen-bond donors (Lipinski definition) is 0. The Balaban J connectivity index is 2.63. The highest BCUT2D eigenvalue weighted by Gasteiger charge is 2.49. The molecule has 0 aromatic heterocycles. The Kier molecular flexibility index (Phi) is 2.44. The van der Waals surface area contributed by atoms with Crippen LogP contribution in [-0.4, -0.2) is 23.1 Å². The van der Waals surface area contributed by atoms with Crippen molar-refractivity contribution in [3.8, 4) is 12.1 Å². The Bertz CT molecular complexity index is 467. The van der Waals surface area contributed by atoms with Crippen LogP contribution in [-0.2, 0) is 4.79 Å². The first-order valence-corrected chi connectivity index (χ1v) is 6.01. The second-order valence-corrected chi connectivity index (χ2v) is 5.50. The van der Waals surface area contributed by atoms with Gasteiger partial charge in [0.1, 0.15) is 5.92 Å². The molecule has 1 fully saturated rings. The van der Waals surface area contributed by atoms with E-state index in [0.29, 0.717) is 12.1 Å². The largest absolute Gasteiger partial charge is 0.304 e. The summed E-state index contributed by atoms with van der Waals surface area (Å²) in [5.74, 6) is -0.100. The third-order valence-electron chi connectivity index (χ3n) is 3.13. The van der Waals surface area contributed by atoms with Gasteiger partial charge in [-0.15, -0.1) is 11.8 Å². The smallest absolute Gasteiger partial charge is 0.245 e. The first kappa shape index (κ1) is 11.0. The van der Waals surface area contributed by atoms with Crippen LogP contribution in [0.2, 0.25) is 0 Å². The van der Waals surface area contributed by atoms with E-state index in [1.165, 1.54) is 11.8 Å². The van der Waals surface area contributed by atoms with E-state index in [-0.39, 0.29) is 5.91 Å². The summed E-state index contributed by atoms with van der Waals surface area (Å²) in [6.45, 7) is 4.19. The minimum absolute atomic E-state index is 0.161. The molecule has 82 valence electrons. The van der Waals surface area contributed by atoms with Crippen LogP contribution in [0.15, 0.2) is 10.6 Å². The van der Waals surface area contributed by atoms with Gasteiger partial charge in [-0.05, 0) is 0 Å². The summed E-state index contributed by atoms with van der Waals surface area (Å²) >= 11 is 1.53. The molecule has 2 rings (SSSR count). The predicted octanol–water partition coefficient (Wildman–Crippen LogP) is 1.48. The molecule has 0 aromatic rings. The van der Waals surface area contributed by atoms with Crippen molar-refractivity contribution < 1.29 is 4.79 Å². The van der Waals surface area contributed by atoms with Gasteiger partial charge < -0.3 is 4.90 Å². The van der Waals surface area contributed by atoms with E-state index in [1.807, 2.05) is 6.07 Å². The van der Waals surface area contributed by atoms with Gasteiger partial charge in [0.15, 0.2) is 0 Å². The number of carbonyl (C=O) groups excluding carboxylic acids is 1. The van der Waals surface area contributed by atoms with Gasteiger partial charge >= 0.3 is 0 Å². The van der Waals surface area contributed by atoms with Crippen molar-refractivity contribution in [1.82, 2.24) is 4.90 Å². The predicted molar refractivity (Wildman–Crippen MR) is 59.7 cm³/mol. The van der Waals surface area contributed by atoms with E-state index in [2.05, 4.69) is 6.07 Å². The van der Waals surface area contributed by atoms with Crippen LogP contribution in [0.5, 0.6) is 0 Å². The van der Waals surface area contributed by atoms with Gasteiger partial charge in [-0.2, -0.15) is 10.5 Å². The molecule has 0 aromatic carbocycles. The number of hydrogen-bond acceptors (Lipinski definition) is 4. The maximum Gasteiger partial charge on any atom is 0.245 e. The Labute approximate surface area is 98.5 Å². The maximum atomic E-state index is 12.1. The molecule has 2 heterocycles. The van der Waals surface area contributed by atoms with Gasteiger partial charge in [0, 0.05) is 17.7 Å². The number of thioether (sulfide) groups is 1. The molecule has 2 aliphatic heterocycles. The zero-order chi connectivity index (χ0) is 11.9. The van der Waals surface area contributed by atoms with E-state index in [1.54, 1.807) is 18.7 Å². The van der Waals surface area contributed by atoms with Crippen molar-refractivity contribution in [2.24, 2.45) is 11.3 Å². The lowest BCUT2D eigenvalue weighted by molar-refractivity contribution is -0.134. The summed E-state index contributed by atoms with van der Waals surface area (Å²) in [4.78, 5) is 13.6. The number of carbonyl (C=O) groups is 1. The molecule has 0 bridgehead atoms. The second-order valence-electron chi connectivity index (χ2n) is 4.41. The second kappa shape index (κ2) is 3.54. The van der Waals surface area contributed by atoms with Crippen LogP contribution in [0.3, 0.4) is 0 Å². The summed E-state index contributed by atoms with van der Waals surface area (Å²) in [5.41, 5.74) is -0.106. The topological polar surface area (TPSA) is 67.9 Å². The average Bonchev–Trinajstić information content (AvgIpc) is 2.66. The number of amides is 1. The third-order valence-corrected chi connectivity index (χ3v) is 4.22. The zero-order valence-corrected chi connectivity index (χ0v) is 9.97. The molecule has 1 saturated heterocycles. The Morgan fingerprint density at radius 1 is 1.50 bits per heavy atom. The molecule has 1 amide bonds. The minimum Gasteiger partial charge on any atom is -0.304 e. The molecule has 16 heavy (non-hydrogen) atoms. The molecule has 2 aliphatic rings. The molecule has 0 N–H and O–H groups in total. The molecular formula is C11H11N3OS. The van der Waals surface area contributed by atoms with E-state index in [9.17, 15) is 10.1 Å². The van der Waals surface area contributed by atoms with E-state index >= 15 is 0 Å².